The number of rotatable bonds is 6. The summed E-state index contributed by atoms with van der Waals surface area (Å²) < 4.78 is 13.6. The fraction of sp³-hybridized carbons (Fsp3) is 0.364. The zero-order chi connectivity index (χ0) is 19.3. The molecule has 28 heavy (non-hydrogen) atoms. The molecule has 1 amide bonds. The summed E-state index contributed by atoms with van der Waals surface area (Å²) in [5, 5.41) is 2.83. The van der Waals surface area contributed by atoms with Gasteiger partial charge in [0.25, 0.3) is 0 Å². The summed E-state index contributed by atoms with van der Waals surface area (Å²) in [6.45, 7) is 2.12. The number of halogens is 1. The van der Waals surface area contributed by atoms with Crippen molar-refractivity contribution in [1.29, 1.82) is 0 Å². The summed E-state index contributed by atoms with van der Waals surface area (Å²) in [5.41, 5.74) is 2.55. The highest BCUT2D eigenvalue weighted by molar-refractivity contribution is 5.77. The van der Waals surface area contributed by atoms with Crippen LogP contribution in [-0.2, 0) is 11.3 Å². The van der Waals surface area contributed by atoms with E-state index in [0.717, 1.165) is 49.3 Å². The van der Waals surface area contributed by atoms with Crippen molar-refractivity contribution in [1.82, 2.24) is 15.3 Å². The zero-order valence-electron chi connectivity index (χ0n) is 15.8. The number of carbonyl (C=O) groups is 1. The Bertz CT molecular complexity index is 921. The molecule has 6 heteroatoms. The topological polar surface area (TPSA) is 61.0 Å². The average molecular weight is 380 g/mol. The van der Waals surface area contributed by atoms with Crippen LogP contribution in [0.1, 0.15) is 31.2 Å². The van der Waals surface area contributed by atoms with Gasteiger partial charge in [0.2, 0.25) is 11.9 Å². The van der Waals surface area contributed by atoms with Crippen LogP contribution in [-0.4, -0.2) is 29.0 Å². The molecule has 0 bridgehead atoms. The molecule has 2 N–H and O–H groups in total. The van der Waals surface area contributed by atoms with Crippen LogP contribution in [0, 0.1) is 11.7 Å². The second-order valence-corrected chi connectivity index (χ2v) is 7.44. The molecule has 146 valence electrons. The summed E-state index contributed by atoms with van der Waals surface area (Å²) in [7, 11) is 0. The van der Waals surface area contributed by atoms with Crippen molar-refractivity contribution in [2.75, 3.05) is 18.0 Å². The van der Waals surface area contributed by atoms with Crippen molar-refractivity contribution >= 4 is 22.9 Å². The number of fused-ring (bicyclic) bond motifs is 1. The molecule has 0 radical (unpaired) electrons. The van der Waals surface area contributed by atoms with Crippen LogP contribution in [0.3, 0.4) is 0 Å². The number of anilines is 1. The first-order valence-electron chi connectivity index (χ1n) is 9.89. The Balaban J connectivity index is 1.28. The van der Waals surface area contributed by atoms with Crippen molar-refractivity contribution in [3.05, 3.63) is 59.9 Å². The van der Waals surface area contributed by atoms with Gasteiger partial charge in [0.1, 0.15) is 5.82 Å². The normalized spacial score (nSPS) is 17.0. The van der Waals surface area contributed by atoms with Crippen LogP contribution in [0.25, 0.3) is 11.0 Å². The quantitative estimate of drug-likeness (QED) is 0.679. The standard InChI is InChI=1S/C22H25FN4O/c23-18-8-2-1-7-17(18)14-24-21(28)12-11-16-6-5-13-27(15-16)22-25-19-9-3-4-10-20(19)26-22/h1-4,7-10,16H,5-6,11-15H2,(H,24,28)(H,25,26). The highest BCUT2D eigenvalue weighted by Gasteiger charge is 2.22. The molecule has 0 saturated carbocycles. The maximum atomic E-state index is 13.6. The average Bonchev–Trinajstić information content (AvgIpc) is 3.16. The van der Waals surface area contributed by atoms with E-state index in [9.17, 15) is 9.18 Å². The highest BCUT2D eigenvalue weighted by Crippen LogP contribution is 2.25. The third kappa shape index (κ3) is 4.32. The number of benzene rings is 2. The minimum atomic E-state index is -0.281. The van der Waals surface area contributed by atoms with Crippen LogP contribution in [0.4, 0.5) is 10.3 Å². The second kappa shape index (κ2) is 8.42. The van der Waals surface area contributed by atoms with Gasteiger partial charge in [-0.15, -0.1) is 0 Å². The first kappa shape index (κ1) is 18.5. The summed E-state index contributed by atoms with van der Waals surface area (Å²) >= 11 is 0. The minimum absolute atomic E-state index is 0.0240. The van der Waals surface area contributed by atoms with Crippen molar-refractivity contribution in [3.63, 3.8) is 0 Å². The molecule has 2 aromatic carbocycles. The van der Waals surface area contributed by atoms with E-state index in [0.29, 0.717) is 17.9 Å². The first-order valence-corrected chi connectivity index (χ1v) is 9.89. The Kier molecular flexibility index (Phi) is 5.55. The number of carbonyl (C=O) groups excluding carboxylic acids is 1. The monoisotopic (exact) mass is 380 g/mol. The SMILES string of the molecule is O=C(CCC1CCCN(c2nc3ccccc3[nH]2)C1)NCc1ccccc1F. The van der Waals surface area contributed by atoms with Gasteiger partial charge in [-0.3, -0.25) is 4.79 Å². The van der Waals surface area contributed by atoms with Crippen molar-refractivity contribution in [3.8, 4) is 0 Å². The predicted molar refractivity (Wildman–Crippen MR) is 109 cm³/mol. The number of aromatic amines is 1. The van der Waals surface area contributed by atoms with Crippen molar-refractivity contribution in [2.24, 2.45) is 5.92 Å². The number of hydrogen-bond donors (Lipinski definition) is 2. The van der Waals surface area contributed by atoms with Gasteiger partial charge in [0, 0.05) is 31.6 Å². The lowest BCUT2D eigenvalue weighted by Crippen LogP contribution is -2.36. The third-order valence-corrected chi connectivity index (χ3v) is 5.41. The molecular formula is C22H25FN4O. The lowest BCUT2D eigenvalue weighted by Gasteiger charge is -2.32. The number of piperidine rings is 1. The van der Waals surface area contributed by atoms with Crippen LogP contribution < -0.4 is 10.2 Å². The van der Waals surface area contributed by atoms with E-state index in [1.54, 1.807) is 18.2 Å². The number of amides is 1. The van der Waals surface area contributed by atoms with Gasteiger partial charge in [0.05, 0.1) is 11.0 Å². The van der Waals surface area contributed by atoms with Crippen molar-refractivity contribution in [2.45, 2.75) is 32.2 Å². The molecule has 0 spiro atoms. The van der Waals surface area contributed by atoms with E-state index < -0.39 is 0 Å². The Labute approximate surface area is 164 Å². The fourth-order valence-corrected chi connectivity index (χ4v) is 3.84. The van der Waals surface area contributed by atoms with Gasteiger partial charge in [-0.2, -0.15) is 0 Å². The van der Waals surface area contributed by atoms with Gasteiger partial charge in [-0.05, 0) is 43.4 Å². The zero-order valence-corrected chi connectivity index (χ0v) is 15.8. The first-order chi connectivity index (χ1) is 13.7. The molecule has 1 atom stereocenters. The molecule has 2 heterocycles. The second-order valence-electron chi connectivity index (χ2n) is 7.44. The van der Waals surface area contributed by atoms with E-state index in [4.69, 9.17) is 4.98 Å². The number of H-pyrrole nitrogens is 1. The van der Waals surface area contributed by atoms with Gasteiger partial charge in [-0.25, -0.2) is 9.37 Å². The number of aromatic nitrogens is 2. The fourth-order valence-electron chi connectivity index (χ4n) is 3.84. The van der Waals surface area contributed by atoms with Gasteiger partial charge in [-0.1, -0.05) is 30.3 Å². The summed E-state index contributed by atoms with van der Waals surface area (Å²) in [5.74, 6) is 1.07. The van der Waals surface area contributed by atoms with Crippen LogP contribution in [0.2, 0.25) is 0 Å². The lowest BCUT2D eigenvalue weighted by molar-refractivity contribution is -0.121. The number of hydrogen-bond acceptors (Lipinski definition) is 3. The maximum Gasteiger partial charge on any atom is 0.220 e. The summed E-state index contributed by atoms with van der Waals surface area (Å²) in [6.07, 6.45) is 3.52. The molecule has 1 aliphatic rings. The van der Waals surface area contributed by atoms with Crippen LogP contribution in [0.15, 0.2) is 48.5 Å². The predicted octanol–water partition coefficient (Wildman–Crippen LogP) is 4.02. The van der Waals surface area contributed by atoms with Gasteiger partial charge >= 0.3 is 0 Å². The van der Waals surface area contributed by atoms with E-state index in [1.165, 1.54) is 6.07 Å². The molecular weight excluding hydrogens is 355 g/mol. The Morgan fingerprint density at radius 3 is 2.89 bits per heavy atom. The Morgan fingerprint density at radius 1 is 1.21 bits per heavy atom. The number of nitrogens with zero attached hydrogens (tertiary/aromatic N) is 2. The molecule has 1 saturated heterocycles. The molecule has 3 aromatic rings. The van der Waals surface area contributed by atoms with E-state index in [1.807, 2.05) is 24.3 Å². The van der Waals surface area contributed by atoms with E-state index >= 15 is 0 Å². The van der Waals surface area contributed by atoms with E-state index in [-0.39, 0.29) is 18.3 Å². The molecule has 1 fully saturated rings. The van der Waals surface area contributed by atoms with Crippen LogP contribution >= 0.6 is 0 Å². The van der Waals surface area contributed by atoms with Crippen molar-refractivity contribution < 1.29 is 9.18 Å². The molecule has 1 unspecified atom stereocenters. The number of nitrogens with one attached hydrogen (secondary N) is 2. The summed E-state index contributed by atoms with van der Waals surface area (Å²) in [4.78, 5) is 22.5. The lowest BCUT2D eigenvalue weighted by atomic mass is 9.93. The number of para-hydroxylation sites is 2. The number of imidazole rings is 1. The van der Waals surface area contributed by atoms with Gasteiger partial charge in [0.15, 0.2) is 0 Å². The smallest absolute Gasteiger partial charge is 0.220 e. The van der Waals surface area contributed by atoms with Gasteiger partial charge < -0.3 is 15.2 Å². The minimum Gasteiger partial charge on any atom is -0.352 e. The highest BCUT2D eigenvalue weighted by atomic mass is 19.1. The molecule has 1 aliphatic heterocycles. The molecule has 4 rings (SSSR count). The Morgan fingerprint density at radius 2 is 2.04 bits per heavy atom. The molecule has 0 aliphatic carbocycles. The van der Waals surface area contributed by atoms with Crippen LogP contribution in [0.5, 0.6) is 0 Å². The maximum absolute atomic E-state index is 13.6. The Hall–Kier alpha value is -2.89. The molecule has 1 aromatic heterocycles. The summed E-state index contributed by atoms with van der Waals surface area (Å²) in [6, 6.07) is 14.6. The molecule has 5 nitrogen and oxygen atoms in total. The van der Waals surface area contributed by atoms with E-state index in [2.05, 4.69) is 15.2 Å². The largest absolute Gasteiger partial charge is 0.352 e. The third-order valence-electron chi connectivity index (χ3n) is 5.41.